The zero-order chi connectivity index (χ0) is 15.6. The van der Waals surface area contributed by atoms with Crippen LogP contribution in [0.3, 0.4) is 0 Å². The Hall–Kier alpha value is -1.33. The van der Waals surface area contributed by atoms with Crippen LogP contribution in [0.5, 0.6) is 5.75 Å². The van der Waals surface area contributed by atoms with Gasteiger partial charge in [-0.25, -0.2) is 4.39 Å². The molecule has 0 spiro atoms. The largest absolute Gasteiger partial charge is 0.479 e. The standard InChI is InChI=1S/C15H19ClFNO3/c1-9(21-13-6-5-11(17)7-12(13)16)14(20)18-15(2,8-19)10-3-4-10/h5-7,9-10,19H,3-4,8H2,1-2H3,(H,18,20). The monoisotopic (exact) mass is 315 g/mol. The van der Waals surface area contributed by atoms with Crippen molar-refractivity contribution in [2.45, 2.75) is 38.3 Å². The Morgan fingerprint density at radius 1 is 1.62 bits per heavy atom. The number of halogens is 2. The second-order valence-corrected chi connectivity index (χ2v) is 6.08. The first-order valence-electron chi connectivity index (χ1n) is 6.90. The molecule has 0 saturated heterocycles. The number of benzene rings is 1. The number of nitrogens with one attached hydrogen (secondary N) is 1. The van der Waals surface area contributed by atoms with Crippen molar-refractivity contribution in [3.63, 3.8) is 0 Å². The molecule has 1 amide bonds. The lowest BCUT2D eigenvalue weighted by atomic mass is 9.96. The number of hydrogen-bond donors (Lipinski definition) is 2. The van der Waals surface area contributed by atoms with Gasteiger partial charge >= 0.3 is 0 Å². The average molecular weight is 316 g/mol. The lowest BCUT2D eigenvalue weighted by Gasteiger charge is -2.30. The lowest BCUT2D eigenvalue weighted by molar-refractivity contribution is -0.130. The van der Waals surface area contributed by atoms with Gasteiger partial charge < -0.3 is 15.2 Å². The fourth-order valence-corrected chi connectivity index (χ4v) is 2.40. The highest BCUT2D eigenvalue weighted by Gasteiger charge is 2.42. The van der Waals surface area contributed by atoms with Gasteiger partial charge in [-0.2, -0.15) is 0 Å². The molecule has 2 rings (SSSR count). The van der Waals surface area contributed by atoms with Gasteiger partial charge in [0.05, 0.1) is 17.2 Å². The molecule has 1 aromatic carbocycles. The summed E-state index contributed by atoms with van der Waals surface area (Å²) in [7, 11) is 0. The van der Waals surface area contributed by atoms with Gasteiger partial charge in [-0.05, 0) is 50.8 Å². The zero-order valence-electron chi connectivity index (χ0n) is 12.0. The van der Waals surface area contributed by atoms with Crippen LogP contribution in [0, 0.1) is 11.7 Å². The fraction of sp³-hybridized carbons (Fsp3) is 0.533. The quantitative estimate of drug-likeness (QED) is 0.848. The van der Waals surface area contributed by atoms with Crippen molar-refractivity contribution in [1.82, 2.24) is 5.32 Å². The summed E-state index contributed by atoms with van der Waals surface area (Å²) in [5, 5.41) is 12.4. The molecular weight excluding hydrogens is 297 g/mol. The Morgan fingerprint density at radius 2 is 2.29 bits per heavy atom. The molecule has 1 aromatic rings. The van der Waals surface area contributed by atoms with Crippen LogP contribution in [0.1, 0.15) is 26.7 Å². The summed E-state index contributed by atoms with van der Waals surface area (Å²) in [5.41, 5.74) is -0.624. The van der Waals surface area contributed by atoms with Crippen LogP contribution in [-0.2, 0) is 4.79 Å². The molecule has 1 aliphatic rings. The molecule has 2 atom stereocenters. The van der Waals surface area contributed by atoms with Crippen molar-refractivity contribution < 1.29 is 19.0 Å². The van der Waals surface area contributed by atoms with E-state index < -0.39 is 17.5 Å². The van der Waals surface area contributed by atoms with Crippen LogP contribution < -0.4 is 10.1 Å². The summed E-state index contributed by atoms with van der Waals surface area (Å²) in [4.78, 5) is 12.2. The van der Waals surface area contributed by atoms with Crippen LogP contribution in [0.4, 0.5) is 4.39 Å². The third-order valence-electron chi connectivity index (χ3n) is 3.78. The Morgan fingerprint density at radius 3 is 2.81 bits per heavy atom. The number of carbonyl (C=O) groups is 1. The first kappa shape index (κ1) is 16.0. The van der Waals surface area contributed by atoms with E-state index in [1.165, 1.54) is 12.1 Å². The predicted molar refractivity (Wildman–Crippen MR) is 77.9 cm³/mol. The maximum atomic E-state index is 13.0. The van der Waals surface area contributed by atoms with E-state index in [2.05, 4.69) is 5.32 Å². The molecule has 6 heteroatoms. The van der Waals surface area contributed by atoms with Crippen LogP contribution in [-0.4, -0.2) is 29.3 Å². The lowest BCUT2D eigenvalue weighted by Crippen LogP contribution is -2.54. The first-order valence-corrected chi connectivity index (χ1v) is 7.28. The van der Waals surface area contributed by atoms with Crippen molar-refractivity contribution >= 4 is 17.5 Å². The third kappa shape index (κ3) is 3.86. The number of aliphatic hydroxyl groups is 1. The molecule has 116 valence electrons. The van der Waals surface area contributed by atoms with Crippen LogP contribution >= 0.6 is 11.6 Å². The van der Waals surface area contributed by atoms with Gasteiger partial charge in [-0.1, -0.05) is 11.6 Å². The minimum absolute atomic E-state index is 0.113. The summed E-state index contributed by atoms with van der Waals surface area (Å²) in [6.07, 6.45) is 1.20. The summed E-state index contributed by atoms with van der Waals surface area (Å²) >= 11 is 5.86. The van der Waals surface area contributed by atoms with Gasteiger partial charge in [0, 0.05) is 0 Å². The molecule has 0 bridgehead atoms. The molecule has 0 radical (unpaired) electrons. The minimum Gasteiger partial charge on any atom is -0.479 e. The van der Waals surface area contributed by atoms with E-state index in [0.717, 1.165) is 18.9 Å². The molecular formula is C15H19ClFNO3. The van der Waals surface area contributed by atoms with Crippen molar-refractivity contribution in [3.8, 4) is 5.75 Å². The number of carbonyl (C=O) groups excluding carboxylic acids is 1. The predicted octanol–water partition coefficient (Wildman–Crippen LogP) is 2.52. The van der Waals surface area contributed by atoms with Crippen LogP contribution in [0.25, 0.3) is 0 Å². The van der Waals surface area contributed by atoms with Gasteiger partial charge in [0.1, 0.15) is 11.6 Å². The summed E-state index contributed by atoms with van der Waals surface area (Å²) in [6.45, 7) is 3.29. The maximum Gasteiger partial charge on any atom is 0.261 e. The van der Waals surface area contributed by atoms with Gasteiger partial charge in [0.15, 0.2) is 6.10 Å². The molecule has 21 heavy (non-hydrogen) atoms. The SMILES string of the molecule is CC(Oc1ccc(F)cc1Cl)C(=O)NC(C)(CO)C1CC1. The summed E-state index contributed by atoms with van der Waals surface area (Å²) in [6, 6.07) is 3.73. The van der Waals surface area contributed by atoms with Crippen LogP contribution in [0.15, 0.2) is 18.2 Å². The maximum absolute atomic E-state index is 13.0. The van der Waals surface area contributed by atoms with Gasteiger partial charge in [-0.15, -0.1) is 0 Å². The van der Waals surface area contributed by atoms with E-state index in [1.807, 2.05) is 6.92 Å². The van der Waals surface area contributed by atoms with E-state index in [4.69, 9.17) is 16.3 Å². The van der Waals surface area contributed by atoms with Gasteiger partial charge in [0.25, 0.3) is 5.91 Å². The number of ether oxygens (including phenoxy) is 1. The molecule has 1 saturated carbocycles. The molecule has 0 heterocycles. The van der Waals surface area contributed by atoms with Crippen molar-refractivity contribution in [3.05, 3.63) is 29.0 Å². The molecule has 2 unspecified atom stereocenters. The smallest absolute Gasteiger partial charge is 0.261 e. The zero-order valence-corrected chi connectivity index (χ0v) is 12.8. The van der Waals surface area contributed by atoms with Crippen LogP contribution in [0.2, 0.25) is 5.02 Å². The first-order chi connectivity index (χ1) is 9.85. The minimum atomic E-state index is -0.794. The molecule has 0 aliphatic heterocycles. The average Bonchev–Trinajstić information content (AvgIpc) is 3.26. The van der Waals surface area contributed by atoms with Crippen molar-refractivity contribution in [2.75, 3.05) is 6.61 Å². The summed E-state index contributed by atoms with van der Waals surface area (Å²) < 4.78 is 18.4. The Balaban J connectivity index is 1.99. The van der Waals surface area contributed by atoms with E-state index >= 15 is 0 Å². The number of rotatable bonds is 6. The second-order valence-electron chi connectivity index (χ2n) is 5.67. The van der Waals surface area contributed by atoms with Crippen molar-refractivity contribution in [2.24, 2.45) is 5.92 Å². The van der Waals surface area contributed by atoms with E-state index in [-0.39, 0.29) is 23.3 Å². The molecule has 4 nitrogen and oxygen atoms in total. The highest BCUT2D eigenvalue weighted by molar-refractivity contribution is 6.32. The molecule has 0 aromatic heterocycles. The number of hydrogen-bond acceptors (Lipinski definition) is 3. The highest BCUT2D eigenvalue weighted by Crippen LogP contribution is 2.39. The second kappa shape index (κ2) is 6.20. The van der Waals surface area contributed by atoms with E-state index in [0.29, 0.717) is 5.92 Å². The molecule has 1 aliphatic carbocycles. The summed E-state index contributed by atoms with van der Waals surface area (Å²) in [5.74, 6) is -0.254. The number of aliphatic hydroxyl groups excluding tert-OH is 1. The molecule has 1 fully saturated rings. The topological polar surface area (TPSA) is 58.6 Å². The molecule has 2 N–H and O–H groups in total. The third-order valence-corrected chi connectivity index (χ3v) is 4.08. The normalized spacial score (nSPS) is 18.7. The Bertz CT molecular complexity index is 536. The Kier molecular flexibility index (Phi) is 4.74. The van der Waals surface area contributed by atoms with E-state index in [9.17, 15) is 14.3 Å². The fourth-order valence-electron chi connectivity index (χ4n) is 2.19. The van der Waals surface area contributed by atoms with Crippen molar-refractivity contribution in [1.29, 1.82) is 0 Å². The Labute approximate surface area is 128 Å². The van der Waals surface area contributed by atoms with Gasteiger partial charge in [-0.3, -0.25) is 4.79 Å². The van der Waals surface area contributed by atoms with E-state index in [1.54, 1.807) is 6.92 Å². The number of amides is 1. The highest BCUT2D eigenvalue weighted by atomic mass is 35.5. The van der Waals surface area contributed by atoms with Gasteiger partial charge in [0.2, 0.25) is 0 Å².